The van der Waals surface area contributed by atoms with Gasteiger partial charge in [-0.1, -0.05) is 6.07 Å². The van der Waals surface area contributed by atoms with E-state index in [0.29, 0.717) is 58.0 Å². The van der Waals surface area contributed by atoms with Gasteiger partial charge in [0.1, 0.15) is 17.1 Å². The Kier molecular flexibility index (Phi) is 7.32. The van der Waals surface area contributed by atoms with E-state index in [-0.39, 0.29) is 18.3 Å². The maximum Gasteiger partial charge on any atom is 0.343 e. The molecule has 0 radical (unpaired) electrons. The van der Waals surface area contributed by atoms with E-state index in [1.54, 1.807) is 24.7 Å². The Bertz CT molecular complexity index is 1830. The monoisotopic (exact) mass is 595 g/mol. The summed E-state index contributed by atoms with van der Waals surface area (Å²) in [6.07, 6.45) is 2.50. The van der Waals surface area contributed by atoms with Crippen molar-refractivity contribution in [1.82, 2.24) is 9.55 Å². The van der Waals surface area contributed by atoms with Gasteiger partial charge in [-0.2, -0.15) is 10.2 Å². The van der Waals surface area contributed by atoms with Gasteiger partial charge in [-0.25, -0.2) is 4.79 Å². The van der Waals surface area contributed by atoms with E-state index in [4.69, 9.17) is 23.6 Å². The van der Waals surface area contributed by atoms with Gasteiger partial charge >= 0.3 is 5.97 Å². The summed E-state index contributed by atoms with van der Waals surface area (Å²) in [5.74, 6) is 0.281. The first-order valence-corrected chi connectivity index (χ1v) is 15.0. The summed E-state index contributed by atoms with van der Waals surface area (Å²) in [6.45, 7) is 6.56. The lowest BCUT2D eigenvalue weighted by Gasteiger charge is -2.21. The lowest BCUT2D eigenvalue weighted by atomic mass is 10.0. The SMILES string of the molecule is CCOC(=O)c1cn(-c2ccc3nc(N4CC5COCC5C4)oc3c2)c(-c2ccc(N3CC[C@@H](OC)C3)c(C#N)c2)cc1=O. The highest BCUT2D eigenvalue weighted by Gasteiger charge is 2.38. The second kappa shape index (κ2) is 11.4. The van der Waals surface area contributed by atoms with E-state index in [1.165, 1.54) is 12.3 Å². The highest BCUT2D eigenvalue weighted by atomic mass is 16.5. The summed E-state index contributed by atoms with van der Waals surface area (Å²) in [5.41, 5.74) is 3.90. The van der Waals surface area contributed by atoms with Crippen molar-refractivity contribution in [3.05, 3.63) is 70.0 Å². The van der Waals surface area contributed by atoms with Crippen LogP contribution in [0.25, 0.3) is 28.0 Å². The third-order valence-electron chi connectivity index (χ3n) is 8.93. The van der Waals surface area contributed by atoms with Crippen LogP contribution in [0.3, 0.4) is 0 Å². The molecular weight excluding hydrogens is 562 g/mol. The third kappa shape index (κ3) is 5.00. The fourth-order valence-corrected chi connectivity index (χ4v) is 6.56. The normalized spacial score (nSPS) is 21.2. The van der Waals surface area contributed by atoms with Crippen molar-refractivity contribution in [3.8, 4) is 23.0 Å². The van der Waals surface area contributed by atoms with Crippen LogP contribution in [0, 0.1) is 23.2 Å². The van der Waals surface area contributed by atoms with Gasteiger partial charge in [0.15, 0.2) is 11.0 Å². The molecule has 3 fully saturated rings. The van der Waals surface area contributed by atoms with Crippen LogP contribution in [0.4, 0.5) is 11.7 Å². The predicted octanol–water partition coefficient (Wildman–Crippen LogP) is 4.00. The fourth-order valence-electron chi connectivity index (χ4n) is 6.56. The number of aromatic nitrogens is 2. The van der Waals surface area contributed by atoms with Crippen molar-refractivity contribution in [3.63, 3.8) is 0 Å². The minimum absolute atomic E-state index is 0.0837. The number of oxazole rings is 1. The Hall–Kier alpha value is -4.66. The van der Waals surface area contributed by atoms with Crippen molar-refractivity contribution in [2.75, 3.05) is 62.9 Å². The van der Waals surface area contributed by atoms with E-state index in [0.717, 1.165) is 45.0 Å². The molecule has 44 heavy (non-hydrogen) atoms. The van der Waals surface area contributed by atoms with Crippen LogP contribution < -0.4 is 15.2 Å². The van der Waals surface area contributed by atoms with Crippen LogP contribution in [0.1, 0.15) is 29.3 Å². The number of pyridine rings is 1. The maximum atomic E-state index is 13.2. The fraction of sp³-hybridized carbons (Fsp3) is 0.394. The van der Waals surface area contributed by atoms with Crippen LogP contribution in [0.5, 0.6) is 0 Å². The molecule has 3 atom stereocenters. The first-order chi connectivity index (χ1) is 21.4. The molecule has 11 heteroatoms. The summed E-state index contributed by atoms with van der Waals surface area (Å²) in [5, 5.41) is 10.1. The standard InChI is InChI=1S/C33H33N5O6/c1-3-43-32(40)26-17-38(24-5-6-27-31(11-24)44-33(35-27)37-14-22-18-42-19-23(22)15-37)29(12-30(26)39)20-4-7-28(21(10-20)13-34)36-9-8-25(16-36)41-2/h4-7,10-12,17,22-23,25H,3,8-9,14-16,18-19H2,1-2H3/t22?,23?,25-/m1/s1. The summed E-state index contributed by atoms with van der Waals surface area (Å²) >= 11 is 0. The van der Waals surface area contributed by atoms with Gasteiger partial charge in [0.25, 0.3) is 6.01 Å². The lowest BCUT2D eigenvalue weighted by Crippen LogP contribution is -2.23. The number of carbonyl (C=O) groups is 1. The van der Waals surface area contributed by atoms with Crippen molar-refractivity contribution in [2.45, 2.75) is 19.4 Å². The number of rotatable bonds is 7. The molecule has 2 aromatic heterocycles. The molecule has 4 aromatic rings. The quantitative estimate of drug-likeness (QED) is 0.290. The first kappa shape index (κ1) is 28.1. The molecule has 0 bridgehead atoms. The zero-order valence-electron chi connectivity index (χ0n) is 24.7. The van der Waals surface area contributed by atoms with Gasteiger partial charge in [0.2, 0.25) is 0 Å². The first-order valence-electron chi connectivity index (χ1n) is 15.0. The Morgan fingerprint density at radius 3 is 2.64 bits per heavy atom. The number of benzene rings is 2. The molecular formula is C33H33N5O6. The Balaban J connectivity index is 1.30. The number of esters is 1. The van der Waals surface area contributed by atoms with Gasteiger partial charge < -0.3 is 33.0 Å². The van der Waals surface area contributed by atoms with Crippen LogP contribution in [-0.4, -0.2) is 74.7 Å². The van der Waals surface area contributed by atoms with Crippen LogP contribution in [-0.2, 0) is 14.2 Å². The average molecular weight is 596 g/mol. The Morgan fingerprint density at radius 2 is 1.91 bits per heavy atom. The summed E-state index contributed by atoms with van der Waals surface area (Å²) in [4.78, 5) is 35.0. The second-order valence-corrected chi connectivity index (χ2v) is 11.6. The molecule has 2 aromatic carbocycles. The molecule has 226 valence electrons. The summed E-state index contributed by atoms with van der Waals surface area (Å²) in [6, 6.07) is 15.5. The van der Waals surface area contributed by atoms with Gasteiger partial charge in [0.05, 0.1) is 42.9 Å². The van der Waals surface area contributed by atoms with E-state index >= 15 is 0 Å². The van der Waals surface area contributed by atoms with E-state index in [2.05, 4.69) is 15.9 Å². The molecule has 0 saturated carbocycles. The number of methoxy groups -OCH3 is 1. The molecule has 0 amide bonds. The third-order valence-corrected chi connectivity index (χ3v) is 8.93. The van der Waals surface area contributed by atoms with Gasteiger partial charge in [-0.05, 0) is 37.6 Å². The molecule has 3 saturated heterocycles. The largest absolute Gasteiger partial charge is 0.462 e. The van der Waals surface area contributed by atoms with Crippen LogP contribution in [0.2, 0.25) is 0 Å². The minimum Gasteiger partial charge on any atom is -0.462 e. The molecule has 2 unspecified atom stereocenters. The number of ether oxygens (including phenoxy) is 3. The molecule has 11 nitrogen and oxygen atoms in total. The van der Waals surface area contributed by atoms with Crippen LogP contribution >= 0.6 is 0 Å². The van der Waals surface area contributed by atoms with Crippen molar-refractivity contribution < 1.29 is 23.4 Å². The van der Waals surface area contributed by atoms with Crippen LogP contribution in [0.15, 0.2) is 57.9 Å². The van der Waals surface area contributed by atoms with E-state index in [9.17, 15) is 14.9 Å². The van der Waals surface area contributed by atoms with Crippen molar-refractivity contribution in [1.29, 1.82) is 5.26 Å². The highest BCUT2D eigenvalue weighted by Crippen LogP contribution is 2.35. The second-order valence-electron chi connectivity index (χ2n) is 11.6. The minimum atomic E-state index is -0.695. The number of nitriles is 1. The number of hydrogen-bond donors (Lipinski definition) is 0. The van der Waals surface area contributed by atoms with Crippen molar-refractivity contribution >= 4 is 28.8 Å². The molecule has 5 heterocycles. The van der Waals surface area contributed by atoms with Gasteiger partial charge in [-0.15, -0.1) is 0 Å². The topological polar surface area (TPSA) is 123 Å². The average Bonchev–Trinajstić information content (AvgIpc) is 3.84. The molecule has 0 aliphatic carbocycles. The number of carbonyl (C=O) groups excluding carboxylic acids is 1. The van der Waals surface area contributed by atoms with Gasteiger partial charge in [0, 0.05) is 74.7 Å². The Morgan fingerprint density at radius 1 is 1.09 bits per heavy atom. The number of hydrogen-bond acceptors (Lipinski definition) is 10. The summed E-state index contributed by atoms with van der Waals surface area (Å²) < 4.78 is 24.3. The van der Waals surface area contributed by atoms with E-state index in [1.807, 2.05) is 30.3 Å². The number of anilines is 2. The molecule has 0 N–H and O–H groups in total. The zero-order valence-corrected chi connectivity index (χ0v) is 24.7. The zero-order chi connectivity index (χ0) is 30.4. The maximum absolute atomic E-state index is 13.2. The molecule has 3 aliphatic heterocycles. The summed E-state index contributed by atoms with van der Waals surface area (Å²) in [7, 11) is 1.70. The molecule has 3 aliphatic rings. The predicted molar refractivity (Wildman–Crippen MR) is 163 cm³/mol. The van der Waals surface area contributed by atoms with Gasteiger partial charge in [-0.3, -0.25) is 4.79 Å². The molecule has 0 spiro atoms. The van der Waals surface area contributed by atoms with E-state index < -0.39 is 11.4 Å². The number of fused-ring (bicyclic) bond motifs is 2. The van der Waals surface area contributed by atoms with Crippen molar-refractivity contribution in [2.24, 2.45) is 11.8 Å². The highest BCUT2D eigenvalue weighted by molar-refractivity contribution is 5.90. The number of nitrogens with zero attached hydrogens (tertiary/aromatic N) is 5. The molecule has 7 rings (SSSR count). The Labute approximate surface area is 254 Å². The smallest absolute Gasteiger partial charge is 0.343 e. The lowest BCUT2D eigenvalue weighted by molar-refractivity contribution is 0.0524.